The average Bonchev–Trinajstić information content (AvgIpc) is 3.38. The van der Waals surface area contributed by atoms with E-state index in [0.29, 0.717) is 28.7 Å². The molecular weight excluding hydrogens is 593 g/mol. The van der Waals surface area contributed by atoms with Crippen molar-refractivity contribution in [3.8, 4) is 17.3 Å². The lowest BCUT2D eigenvalue weighted by Gasteiger charge is -2.27. The molecule has 1 aliphatic heterocycles. The van der Waals surface area contributed by atoms with Gasteiger partial charge in [-0.15, -0.1) is 11.6 Å². The van der Waals surface area contributed by atoms with Gasteiger partial charge in [0.2, 0.25) is 5.88 Å². The molecule has 0 saturated carbocycles. The fourth-order valence-electron chi connectivity index (χ4n) is 5.07. The van der Waals surface area contributed by atoms with Crippen LogP contribution in [0.2, 0.25) is 5.02 Å². The number of aromatic hydroxyl groups is 1. The predicted octanol–water partition coefficient (Wildman–Crippen LogP) is 8.16. The second-order valence-corrected chi connectivity index (χ2v) is 11.1. The zero-order valence-corrected chi connectivity index (χ0v) is 23.5. The van der Waals surface area contributed by atoms with Crippen LogP contribution in [-0.2, 0) is 6.42 Å². The molecule has 0 bridgehead atoms. The maximum absolute atomic E-state index is 11.5. The number of rotatable bonds is 6. The molecule has 1 unspecified atom stereocenters. The van der Waals surface area contributed by atoms with Gasteiger partial charge in [-0.05, 0) is 84.4 Å². The molecule has 2 N–H and O–H groups in total. The molecule has 2 aromatic heterocycles. The van der Waals surface area contributed by atoms with Crippen LogP contribution in [0.25, 0.3) is 16.6 Å². The number of aromatic nitrogens is 3. The van der Waals surface area contributed by atoms with Crippen molar-refractivity contribution in [1.82, 2.24) is 14.1 Å². The Bertz CT molecular complexity index is 1670. The molecule has 0 saturated heterocycles. The van der Waals surface area contributed by atoms with Gasteiger partial charge in [-0.3, -0.25) is 4.57 Å². The smallest absolute Gasteiger partial charge is 0.218 e. The normalized spacial score (nSPS) is 14.5. The van der Waals surface area contributed by atoms with Crippen molar-refractivity contribution in [2.45, 2.75) is 18.9 Å². The summed E-state index contributed by atoms with van der Waals surface area (Å²) in [6.07, 6.45) is 1.33. The number of halogens is 3. The SMILES string of the molecule is Oc1c2n(c(=S)n1-c1ccc(Cl)cc1)C(c1ccc(OCCCCl)cc1)c1[nH]c3ccc(Br)cc3c1C2. The minimum Gasteiger partial charge on any atom is -0.494 e. The number of alkyl halides is 1. The first-order chi connectivity index (χ1) is 18.0. The van der Waals surface area contributed by atoms with Crippen molar-refractivity contribution in [3.63, 3.8) is 0 Å². The summed E-state index contributed by atoms with van der Waals surface area (Å²) in [4.78, 5) is 3.65. The van der Waals surface area contributed by atoms with Gasteiger partial charge >= 0.3 is 0 Å². The molecular formula is C28H22BrCl2N3O2S. The van der Waals surface area contributed by atoms with E-state index in [1.165, 1.54) is 0 Å². The number of ether oxygens (including phenoxy) is 1. The van der Waals surface area contributed by atoms with E-state index in [9.17, 15) is 5.11 Å². The molecule has 5 aromatic rings. The summed E-state index contributed by atoms with van der Waals surface area (Å²) in [5.41, 5.74) is 5.79. The van der Waals surface area contributed by atoms with Gasteiger partial charge in [0.1, 0.15) is 11.8 Å². The van der Waals surface area contributed by atoms with E-state index in [-0.39, 0.29) is 11.9 Å². The lowest BCUT2D eigenvalue weighted by molar-refractivity contribution is 0.318. The van der Waals surface area contributed by atoms with Gasteiger partial charge in [0, 0.05) is 38.4 Å². The number of benzene rings is 3. The van der Waals surface area contributed by atoms with Gasteiger partial charge in [0.25, 0.3) is 0 Å². The van der Waals surface area contributed by atoms with E-state index in [2.05, 4.69) is 49.7 Å². The zero-order chi connectivity index (χ0) is 25.7. The van der Waals surface area contributed by atoms with Crippen molar-refractivity contribution in [2.75, 3.05) is 12.5 Å². The number of aromatic amines is 1. The van der Waals surface area contributed by atoms with Gasteiger partial charge in [0.05, 0.1) is 18.0 Å². The van der Waals surface area contributed by atoms with Gasteiger partial charge in [-0.1, -0.05) is 39.7 Å². The van der Waals surface area contributed by atoms with Crippen LogP contribution in [0.1, 0.15) is 35.0 Å². The molecule has 3 heterocycles. The Kier molecular flexibility index (Phi) is 6.57. The first-order valence-corrected chi connectivity index (χ1v) is 14.0. The maximum Gasteiger partial charge on any atom is 0.218 e. The number of nitrogens with zero attached hydrogens (tertiary/aromatic N) is 2. The Morgan fingerprint density at radius 1 is 1.08 bits per heavy atom. The summed E-state index contributed by atoms with van der Waals surface area (Å²) in [6, 6.07) is 21.3. The Balaban J connectivity index is 1.54. The summed E-state index contributed by atoms with van der Waals surface area (Å²) >= 11 is 21.5. The highest BCUT2D eigenvalue weighted by Crippen LogP contribution is 2.44. The van der Waals surface area contributed by atoms with Crippen molar-refractivity contribution in [3.05, 3.63) is 104 Å². The molecule has 1 aliphatic rings. The zero-order valence-electron chi connectivity index (χ0n) is 19.5. The van der Waals surface area contributed by atoms with Crippen molar-refractivity contribution in [2.24, 2.45) is 0 Å². The maximum atomic E-state index is 11.5. The molecule has 0 fully saturated rings. The fraction of sp³-hybridized carbons (Fsp3) is 0.179. The Labute approximate surface area is 237 Å². The molecule has 6 rings (SSSR count). The van der Waals surface area contributed by atoms with E-state index in [1.807, 2.05) is 30.3 Å². The average molecular weight is 615 g/mol. The van der Waals surface area contributed by atoms with Gasteiger partial charge in [0.15, 0.2) is 4.77 Å². The summed E-state index contributed by atoms with van der Waals surface area (Å²) in [5, 5.41) is 13.2. The summed E-state index contributed by atoms with van der Waals surface area (Å²) in [6.45, 7) is 0.570. The lowest BCUT2D eigenvalue weighted by Crippen LogP contribution is -2.21. The summed E-state index contributed by atoms with van der Waals surface area (Å²) < 4.78 is 11.1. The third-order valence-corrected chi connectivity index (χ3v) is 8.15. The van der Waals surface area contributed by atoms with Gasteiger partial charge in [-0.25, -0.2) is 0 Å². The molecule has 0 spiro atoms. The van der Waals surface area contributed by atoms with E-state index < -0.39 is 0 Å². The fourth-order valence-corrected chi connectivity index (χ4v) is 6.08. The van der Waals surface area contributed by atoms with Crippen LogP contribution in [0.15, 0.2) is 71.2 Å². The van der Waals surface area contributed by atoms with Crippen LogP contribution in [0.5, 0.6) is 11.6 Å². The second-order valence-electron chi connectivity index (χ2n) is 8.98. The molecule has 3 aromatic carbocycles. The monoisotopic (exact) mass is 613 g/mol. The molecule has 0 radical (unpaired) electrons. The van der Waals surface area contributed by atoms with Crippen LogP contribution >= 0.6 is 51.3 Å². The third-order valence-electron chi connectivity index (χ3n) is 6.76. The van der Waals surface area contributed by atoms with Crippen LogP contribution in [0.3, 0.4) is 0 Å². The van der Waals surface area contributed by atoms with Crippen molar-refractivity contribution in [1.29, 1.82) is 0 Å². The third kappa shape index (κ3) is 4.28. The molecule has 1 atom stereocenters. The van der Waals surface area contributed by atoms with Crippen LogP contribution in [-0.4, -0.2) is 31.7 Å². The molecule has 0 amide bonds. The largest absolute Gasteiger partial charge is 0.494 e. The minimum absolute atomic E-state index is 0.133. The number of hydrogen-bond acceptors (Lipinski definition) is 3. The number of H-pyrrole nitrogens is 1. The highest BCUT2D eigenvalue weighted by Gasteiger charge is 2.34. The van der Waals surface area contributed by atoms with Crippen LogP contribution in [0.4, 0.5) is 0 Å². The quantitative estimate of drug-likeness (QED) is 0.113. The lowest BCUT2D eigenvalue weighted by atomic mass is 9.93. The standard InChI is InChI=1S/C28H22BrCl2N3O2S/c29-17-4-11-23-21(14-17)22-15-24-27(35)33(19-7-5-18(31)6-8-19)28(37)34(24)26(25(22)32-23)16-2-9-20(10-3-16)36-13-1-12-30/h2-11,14,26,32,35H,1,12-13,15H2. The second kappa shape index (κ2) is 9.87. The van der Waals surface area contributed by atoms with Crippen LogP contribution in [0, 0.1) is 4.77 Å². The van der Waals surface area contributed by atoms with Crippen LogP contribution < -0.4 is 4.74 Å². The topological polar surface area (TPSA) is 55.1 Å². The van der Waals surface area contributed by atoms with E-state index in [1.54, 1.807) is 16.7 Å². The number of hydrogen-bond donors (Lipinski definition) is 2. The summed E-state index contributed by atoms with van der Waals surface area (Å²) in [7, 11) is 0. The van der Waals surface area contributed by atoms with Gasteiger partial charge in [-0.2, -0.15) is 0 Å². The Morgan fingerprint density at radius 2 is 1.84 bits per heavy atom. The number of fused-ring (bicyclic) bond motifs is 4. The summed E-state index contributed by atoms with van der Waals surface area (Å²) in [5.74, 6) is 1.48. The van der Waals surface area contributed by atoms with E-state index in [0.717, 1.165) is 55.7 Å². The highest BCUT2D eigenvalue weighted by atomic mass is 79.9. The Morgan fingerprint density at radius 3 is 2.57 bits per heavy atom. The van der Waals surface area contributed by atoms with Gasteiger partial charge < -0.3 is 19.4 Å². The molecule has 9 heteroatoms. The number of nitrogens with one attached hydrogen (secondary N) is 1. The Hall–Kier alpha value is -2.71. The number of imidazole rings is 1. The first kappa shape index (κ1) is 24.6. The highest BCUT2D eigenvalue weighted by molar-refractivity contribution is 9.10. The molecule has 0 aliphatic carbocycles. The van der Waals surface area contributed by atoms with Crippen molar-refractivity contribution >= 4 is 62.3 Å². The molecule has 188 valence electrons. The molecule has 37 heavy (non-hydrogen) atoms. The first-order valence-electron chi connectivity index (χ1n) is 11.9. The van der Waals surface area contributed by atoms with Crippen molar-refractivity contribution < 1.29 is 9.84 Å². The van der Waals surface area contributed by atoms with E-state index >= 15 is 0 Å². The van der Waals surface area contributed by atoms with E-state index in [4.69, 9.17) is 40.2 Å². The predicted molar refractivity (Wildman–Crippen MR) is 155 cm³/mol. The molecule has 5 nitrogen and oxygen atoms in total. The minimum atomic E-state index is -0.256.